The van der Waals surface area contributed by atoms with Gasteiger partial charge in [-0.15, -0.1) is 35.1 Å². The van der Waals surface area contributed by atoms with E-state index in [1.165, 1.54) is 0 Å². The van der Waals surface area contributed by atoms with Gasteiger partial charge in [0, 0.05) is 39.3 Å². The largest absolute Gasteiger partial charge is 0.481 e. The van der Waals surface area contributed by atoms with E-state index in [0.29, 0.717) is 15.9 Å². The van der Waals surface area contributed by atoms with Crippen molar-refractivity contribution in [2.24, 2.45) is 0 Å². The zero-order chi connectivity index (χ0) is 15.4. The fourth-order valence-electron chi connectivity index (χ4n) is 1.93. The summed E-state index contributed by atoms with van der Waals surface area (Å²) in [6.45, 7) is 2.75. The molecule has 0 atom stereocenters. The van der Waals surface area contributed by atoms with Crippen molar-refractivity contribution >= 4 is 38.5 Å². The summed E-state index contributed by atoms with van der Waals surface area (Å²) >= 11 is 5.54. The molecule has 0 aliphatic carbocycles. The number of rotatable bonds is 4. The number of halogens is 2. The van der Waals surface area contributed by atoms with E-state index >= 15 is 0 Å². The SMILES string of the molecule is C#CCOc1ccc(-c2[c-]cc(I)c(=O)n2CC)c(Br)c1.[Y]. The van der Waals surface area contributed by atoms with Crippen molar-refractivity contribution in [3.05, 3.63) is 48.7 Å². The van der Waals surface area contributed by atoms with E-state index in [4.69, 9.17) is 11.2 Å². The normalized spacial score (nSPS) is 9.73. The van der Waals surface area contributed by atoms with Crippen molar-refractivity contribution in [1.82, 2.24) is 4.57 Å². The molecule has 0 saturated heterocycles. The van der Waals surface area contributed by atoms with Crippen LogP contribution in [0.5, 0.6) is 5.75 Å². The number of hydrogen-bond donors (Lipinski definition) is 0. The van der Waals surface area contributed by atoms with Gasteiger partial charge in [-0.05, 0) is 27.1 Å². The molecule has 0 unspecified atom stereocenters. The van der Waals surface area contributed by atoms with Gasteiger partial charge in [0.05, 0.1) is 0 Å². The Balaban J connectivity index is 0.00000242. The molecule has 111 valence electrons. The standard InChI is InChI=1S/C16H12BrINO2.Y/c1-3-9-21-11-5-6-12(13(17)10-11)15-8-7-14(18)16(20)19(15)4-2;/h1,5-7,10H,4,9H2,2H3;/q-1;. The molecule has 1 aromatic heterocycles. The summed E-state index contributed by atoms with van der Waals surface area (Å²) in [6, 6.07) is 10.4. The van der Waals surface area contributed by atoms with Gasteiger partial charge in [-0.2, -0.15) is 12.1 Å². The maximum absolute atomic E-state index is 12.2. The summed E-state index contributed by atoms with van der Waals surface area (Å²) in [7, 11) is 0. The van der Waals surface area contributed by atoms with Crippen molar-refractivity contribution < 1.29 is 37.4 Å². The van der Waals surface area contributed by atoms with E-state index in [0.717, 1.165) is 15.7 Å². The number of terminal acetylenes is 1. The summed E-state index contributed by atoms with van der Waals surface area (Å²) in [5, 5.41) is 0. The summed E-state index contributed by atoms with van der Waals surface area (Å²) in [4.78, 5) is 12.2. The predicted octanol–water partition coefficient (Wildman–Crippen LogP) is 3.71. The van der Waals surface area contributed by atoms with E-state index in [9.17, 15) is 4.79 Å². The smallest absolute Gasteiger partial charge is 0.207 e. The van der Waals surface area contributed by atoms with E-state index in [1.54, 1.807) is 10.6 Å². The molecular formula is C16H12BrINO2Y-. The Morgan fingerprint density at radius 1 is 1.50 bits per heavy atom. The van der Waals surface area contributed by atoms with Gasteiger partial charge in [-0.3, -0.25) is 4.79 Å². The first-order chi connectivity index (χ1) is 10.1. The van der Waals surface area contributed by atoms with Crippen LogP contribution in [0, 0.1) is 22.0 Å². The van der Waals surface area contributed by atoms with Crippen LogP contribution in [0.1, 0.15) is 6.92 Å². The van der Waals surface area contributed by atoms with Crippen molar-refractivity contribution in [3.8, 4) is 29.4 Å². The van der Waals surface area contributed by atoms with Crippen molar-refractivity contribution in [1.29, 1.82) is 0 Å². The number of nitrogens with zero attached hydrogens (tertiary/aromatic N) is 1. The van der Waals surface area contributed by atoms with Gasteiger partial charge in [0.25, 0.3) is 0 Å². The van der Waals surface area contributed by atoms with Crippen LogP contribution in [0.3, 0.4) is 0 Å². The molecule has 6 heteroatoms. The second-order valence-corrected chi connectivity index (χ2v) is 6.19. The molecule has 2 rings (SSSR count). The minimum absolute atomic E-state index is 0. The molecular weight excluding hydrogens is 534 g/mol. The van der Waals surface area contributed by atoms with Crippen LogP contribution in [0.4, 0.5) is 0 Å². The Morgan fingerprint density at radius 3 is 2.82 bits per heavy atom. The fourth-order valence-corrected chi connectivity index (χ4v) is 2.92. The third-order valence-electron chi connectivity index (χ3n) is 2.89. The molecule has 0 spiro atoms. The molecule has 1 heterocycles. The van der Waals surface area contributed by atoms with Crippen molar-refractivity contribution in [2.45, 2.75) is 13.5 Å². The third-order valence-corrected chi connectivity index (χ3v) is 4.32. The maximum Gasteiger partial charge on any atom is 0.207 e. The predicted molar refractivity (Wildman–Crippen MR) is 95.4 cm³/mol. The number of benzene rings is 1. The van der Waals surface area contributed by atoms with Crippen LogP contribution in [-0.4, -0.2) is 11.2 Å². The van der Waals surface area contributed by atoms with Gasteiger partial charge < -0.3 is 9.30 Å². The summed E-state index contributed by atoms with van der Waals surface area (Å²) in [5.74, 6) is 3.10. The quantitative estimate of drug-likeness (QED) is 0.333. The van der Waals surface area contributed by atoms with Crippen LogP contribution < -0.4 is 10.3 Å². The van der Waals surface area contributed by atoms with Gasteiger partial charge in [-0.1, -0.05) is 33.1 Å². The van der Waals surface area contributed by atoms with Crippen LogP contribution >= 0.6 is 38.5 Å². The van der Waals surface area contributed by atoms with Crippen molar-refractivity contribution in [3.63, 3.8) is 0 Å². The molecule has 0 aliphatic heterocycles. The zero-order valence-electron chi connectivity index (χ0n) is 11.9. The Kier molecular flexibility index (Phi) is 8.33. The van der Waals surface area contributed by atoms with E-state index in [-0.39, 0.29) is 44.9 Å². The molecule has 0 N–H and O–H groups in total. The van der Waals surface area contributed by atoms with Crippen LogP contribution in [0.2, 0.25) is 0 Å². The molecule has 0 fully saturated rings. The van der Waals surface area contributed by atoms with Gasteiger partial charge in [-0.25, -0.2) is 0 Å². The zero-order valence-corrected chi connectivity index (χ0v) is 18.5. The Bertz CT molecular complexity index is 768. The summed E-state index contributed by atoms with van der Waals surface area (Å²) in [6.07, 6.45) is 5.17. The summed E-state index contributed by atoms with van der Waals surface area (Å²) in [5.41, 5.74) is 1.63. The molecule has 1 radical (unpaired) electrons. The topological polar surface area (TPSA) is 31.2 Å². The van der Waals surface area contributed by atoms with Gasteiger partial charge in [0.1, 0.15) is 12.4 Å². The first kappa shape index (κ1) is 19.9. The monoisotopic (exact) mass is 545 g/mol. The minimum Gasteiger partial charge on any atom is -0.481 e. The maximum atomic E-state index is 12.2. The molecule has 2 aromatic rings. The number of pyridine rings is 1. The van der Waals surface area contributed by atoms with E-state index in [2.05, 4.69) is 27.9 Å². The summed E-state index contributed by atoms with van der Waals surface area (Å²) < 4.78 is 8.56. The molecule has 0 aliphatic rings. The van der Waals surface area contributed by atoms with Crippen LogP contribution in [0.15, 0.2) is 33.5 Å². The third kappa shape index (κ3) is 4.44. The average Bonchev–Trinajstić information content (AvgIpc) is 2.48. The molecule has 3 nitrogen and oxygen atoms in total. The van der Waals surface area contributed by atoms with Gasteiger partial charge >= 0.3 is 0 Å². The number of ether oxygens (including phenoxy) is 1. The van der Waals surface area contributed by atoms with E-state index in [1.807, 2.05) is 47.7 Å². The fraction of sp³-hybridized carbons (Fsp3) is 0.188. The first-order valence-electron chi connectivity index (χ1n) is 6.25. The second kappa shape index (κ2) is 9.22. The molecule has 0 amide bonds. The average molecular weight is 546 g/mol. The van der Waals surface area contributed by atoms with Crippen LogP contribution in [0.25, 0.3) is 11.3 Å². The van der Waals surface area contributed by atoms with E-state index < -0.39 is 0 Å². The Labute approximate surface area is 177 Å². The number of aromatic nitrogens is 1. The molecule has 0 saturated carbocycles. The minimum atomic E-state index is -0.00796. The van der Waals surface area contributed by atoms with Gasteiger partial charge in [0.2, 0.25) is 5.56 Å². The second-order valence-electron chi connectivity index (χ2n) is 4.17. The van der Waals surface area contributed by atoms with Crippen LogP contribution in [-0.2, 0) is 39.3 Å². The van der Waals surface area contributed by atoms with Gasteiger partial charge in [0.15, 0.2) is 0 Å². The Morgan fingerprint density at radius 2 is 2.23 bits per heavy atom. The van der Waals surface area contributed by atoms with Crippen molar-refractivity contribution in [2.75, 3.05) is 6.61 Å². The first-order valence-corrected chi connectivity index (χ1v) is 8.12. The Hall–Kier alpha value is -0.156. The molecule has 1 aromatic carbocycles. The molecule has 22 heavy (non-hydrogen) atoms. The molecule has 0 bridgehead atoms. The number of hydrogen-bond acceptors (Lipinski definition) is 2.